The van der Waals surface area contributed by atoms with Crippen LogP contribution in [0.1, 0.15) is 32.3 Å². The van der Waals surface area contributed by atoms with Crippen molar-refractivity contribution in [2.24, 2.45) is 5.73 Å². The molecule has 90 valence electrons. The van der Waals surface area contributed by atoms with E-state index in [1.165, 1.54) is 0 Å². The molecule has 0 amide bonds. The first-order valence-corrected chi connectivity index (χ1v) is 5.77. The fourth-order valence-electron chi connectivity index (χ4n) is 1.43. The van der Waals surface area contributed by atoms with Gasteiger partial charge in [-0.3, -0.25) is 0 Å². The summed E-state index contributed by atoms with van der Waals surface area (Å²) in [7, 11) is 0. The first kappa shape index (κ1) is 13.0. The molecule has 3 N–H and O–H groups in total. The van der Waals surface area contributed by atoms with Crippen LogP contribution in [0.3, 0.4) is 0 Å². The van der Waals surface area contributed by atoms with Crippen LogP contribution in [0.15, 0.2) is 24.3 Å². The molecule has 0 aromatic heterocycles. The molecule has 0 aliphatic rings. The van der Waals surface area contributed by atoms with Gasteiger partial charge < -0.3 is 15.6 Å². The second-order valence-corrected chi connectivity index (χ2v) is 4.07. The molecule has 3 heteroatoms. The summed E-state index contributed by atoms with van der Waals surface area (Å²) in [6, 6.07) is 7.66. The molecule has 0 radical (unpaired) electrons. The summed E-state index contributed by atoms with van der Waals surface area (Å²) in [6.45, 7) is 4.75. The summed E-state index contributed by atoms with van der Waals surface area (Å²) in [5, 5.41) is 10.1. The van der Waals surface area contributed by atoms with Crippen LogP contribution in [0.25, 0.3) is 0 Å². The summed E-state index contributed by atoms with van der Waals surface area (Å²) in [5.74, 6) is 0.767. The summed E-state index contributed by atoms with van der Waals surface area (Å²) >= 11 is 0. The average molecular weight is 223 g/mol. The van der Waals surface area contributed by atoms with Gasteiger partial charge >= 0.3 is 0 Å². The van der Waals surface area contributed by atoms with E-state index >= 15 is 0 Å². The maximum atomic E-state index is 10.1. The minimum absolute atomic E-state index is 0.327. The maximum absolute atomic E-state index is 10.1. The van der Waals surface area contributed by atoms with Crippen molar-refractivity contribution in [1.29, 1.82) is 0 Å². The van der Waals surface area contributed by atoms with Gasteiger partial charge in [0.1, 0.15) is 12.4 Å². The third-order valence-electron chi connectivity index (χ3n) is 2.96. The molecule has 0 fully saturated rings. The van der Waals surface area contributed by atoms with Gasteiger partial charge in [0.05, 0.1) is 5.60 Å². The van der Waals surface area contributed by atoms with Crippen molar-refractivity contribution >= 4 is 0 Å². The predicted molar refractivity (Wildman–Crippen MR) is 65.4 cm³/mol. The van der Waals surface area contributed by atoms with Crippen molar-refractivity contribution in [3.05, 3.63) is 29.8 Å². The Morgan fingerprint density at radius 1 is 1.31 bits per heavy atom. The Kier molecular flexibility index (Phi) is 4.77. The number of nitrogens with two attached hydrogens (primary N) is 1. The Morgan fingerprint density at radius 2 is 2.00 bits per heavy atom. The lowest BCUT2D eigenvalue weighted by Gasteiger charge is -2.25. The van der Waals surface area contributed by atoms with Crippen molar-refractivity contribution in [3.8, 4) is 5.75 Å². The molecule has 0 atom stereocenters. The molecule has 0 spiro atoms. The molecule has 0 unspecified atom stereocenters. The van der Waals surface area contributed by atoms with Gasteiger partial charge in [-0.2, -0.15) is 0 Å². The number of hydrogen-bond acceptors (Lipinski definition) is 3. The number of aliphatic hydroxyl groups is 1. The smallest absolute Gasteiger partial charge is 0.119 e. The van der Waals surface area contributed by atoms with E-state index in [1.807, 2.05) is 38.1 Å². The van der Waals surface area contributed by atoms with Crippen molar-refractivity contribution in [3.63, 3.8) is 0 Å². The molecule has 0 aliphatic carbocycles. The average Bonchev–Trinajstić information content (AvgIpc) is 2.36. The summed E-state index contributed by atoms with van der Waals surface area (Å²) in [6.07, 6.45) is 1.39. The van der Waals surface area contributed by atoms with E-state index in [0.717, 1.165) is 11.3 Å². The SMILES string of the molecule is CCC(O)(CC)COc1cccc(CN)c1. The molecule has 1 aromatic rings. The first-order chi connectivity index (χ1) is 7.63. The minimum Gasteiger partial charge on any atom is -0.491 e. The highest BCUT2D eigenvalue weighted by Gasteiger charge is 2.22. The van der Waals surface area contributed by atoms with Crippen LogP contribution in [-0.2, 0) is 6.54 Å². The Hall–Kier alpha value is -1.06. The highest BCUT2D eigenvalue weighted by molar-refractivity contribution is 5.28. The van der Waals surface area contributed by atoms with Gasteiger partial charge in [-0.1, -0.05) is 26.0 Å². The third kappa shape index (κ3) is 3.51. The maximum Gasteiger partial charge on any atom is 0.119 e. The molecule has 0 aliphatic heterocycles. The van der Waals surface area contributed by atoms with Crippen molar-refractivity contribution in [2.75, 3.05) is 6.61 Å². The van der Waals surface area contributed by atoms with Gasteiger partial charge in [0, 0.05) is 6.54 Å². The molecule has 16 heavy (non-hydrogen) atoms. The molecular weight excluding hydrogens is 202 g/mol. The zero-order chi connectivity index (χ0) is 12.0. The normalized spacial score (nSPS) is 11.5. The molecule has 1 aromatic carbocycles. The van der Waals surface area contributed by atoms with Crippen LogP contribution in [-0.4, -0.2) is 17.3 Å². The van der Waals surface area contributed by atoms with Crippen molar-refractivity contribution < 1.29 is 9.84 Å². The Balaban J connectivity index is 2.60. The Bertz CT molecular complexity index is 321. The van der Waals surface area contributed by atoms with Crippen molar-refractivity contribution in [2.45, 2.75) is 38.8 Å². The van der Waals surface area contributed by atoms with Gasteiger partial charge in [0.25, 0.3) is 0 Å². The van der Waals surface area contributed by atoms with Gasteiger partial charge in [-0.05, 0) is 30.5 Å². The quantitative estimate of drug-likeness (QED) is 0.776. The summed E-state index contributed by atoms with van der Waals surface area (Å²) in [5.41, 5.74) is 5.86. The van der Waals surface area contributed by atoms with E-state index in [4.69, 9.17) is 10.5 Å². The first-order valence-electron chi connectivity index (χ1n) is 5.77. The summed E-state index contributed by atoms with van der Waals surface area (Å²) in [4.78, 5) is 0. The molecule has 1 rings (SSSR count). The topological polar surface area (TPSA) is 55.5 Å². The lowest BCUT2D eigenvalue weighted by molar-refractivity contribution is -0.0113. The van der Waals surface area contributed by atoms with E-state index in [2.05, 4.69) is 0 Å². The third-order valence-corrected chi connectivity index (χ3v) is 2.96. The van der Waals surface area contributed by atoms with E-state index in [1.54, 1.807) is 0 Å². The number of rotatable bonds is 6. The van der Waals surface area contributed by atoms with Crippen LogP contribution in [0.5, 0.6) is 5.75 Å². The van der Waals surface area contributed by atoms with Crippen LogP contribution in [0.2, 0.25) is 0 Å². The van der Waals surface area contributed by atoms with Gasteiger partial charge in [-0.25, -0.2) is 0 Å². The molecule has 0 saturated heterocycles. The van der Waals surface area contributed by atoms with E-state index in [0.29, 0.717) is 26.0 Å². The lowest BCUT2D eigenvalue weighted by Crippen LogP contribution is -2.34. The standard InChI is InChI=1S/C13H21NO2/c1-3-13(15,4-2)10-16-12-7-5-6-11(8-12)9-14/h5-8,15H,3-4,9-10,14H2,1-2H3. The zero-order valence-corrected chi connectivity index (χ0v) is 10.1. The largest absolute Gasteiger partial charge is 0.491 e. The predicted octanol–water partition coefficient (Wildman–Crippen LogP) is 2.08. The highest BCUT2D eigenvalue weighted by Crippen LogP contribution is 2.19. The van der Waals surface area contributed by atoms with E-state index in [9.17, 15) is 5.11 Å². The molecule has 0 bridgehead atoms. The van der Waals surface area contributed by atoms with Crippen LogP contribution >= 0.6 is 0 Å². The molecule has 0 saturated carbocycles. The highest BCUT2D eigenvalue weighted by atomic mass is 16.5. The van der Waals surface area contributed by atoms with Crippen LogP contribution in [0, 0.1) is 0 Å². The van der Waals surface area contributed by atoms with Gasteiger partial charge in [-0.15, -0.1) is 0 Å². The fraction of sp³-hybridized carbons (Fsp3) is 0.538. The zero-order valence-electron chi connectivity index (χ0n) is 10.1. The van der Waals surface area contributed by atoms with Crippen molar-refractivity contribution in [1.82, 2.24) is 0 Å². The monoisotopic (exact) mass is 223 g/mol. The van der Waals surface area contributed by atoms with Crippen LogP contribution in [0.4, 0.5) is 0 Å². The van der Waals surface area contributed by atoms with Gasteiger partial charge in [0.15, 0.2) is 0 Å². The molecular formula is C13H21NO2. The van der Waals surface area contributed by atoms with E-state index in [-0.39, 0.29) is 0 Å². The molecule has 0 heterocycles. The molecule has 3 nitrogen and oxygen atoms in total. The van der Waals surface area contributed by atoms with Crippen LogP contribution < -0.4 is 10.5 Å². The fourth-order valence-corrected chi connectivity index (χ4v) is 1.43. The van der Waals surface area contributed by atoms with E-state index < -0.39 is 5.60 Å². The summed E-state index contributed by atoms with van der Waals surface area (Å²) < 4.78 is 5.59. The number of ether oxygens (including phenoxy) is 1. The van der Waals surface area contributed by atoms with Gasteiger partial charge in [0.2, 0.25) is 0 Å². The Morgan fingerprint density at radius 3 is 2.56 bits per heavy atom. The number of hydrogen-bond donors (Lipinski definition) is 2. The lowest BCUT2D eigenvalue weighted by atomic mass is 9.99. The Labute approximate surface area is 97.2 Å². The minimum atomic E-state index is -0.723. The number of benzene rings is 1. The second-order valence-electron chi connectivity index (χ2n) is 4.07. The second kappa shape index (κ2) is 5.87.